The molecule has 1 unspecified atom stereocenters. The van der Waals surface area contributed by atoms with Crippen LogP contribution >= 0.6 is 0 Å². The van der Waals surface area contributed by atoms with Gasteiger partial charge in [-0.15, -0.1) is 0 Å². The molecule has 0 aliphatic heterocycles. The number of urea groups is 1. The Hall–Kier alpha value is -3.30. The Morgan fingerprint density at radius 3 is 2.26 bits per heavy atom. The van der Waals surface area contributed by atoms with E-state index in [2.05, 4.69) is 16.0 Å². The highest BCUT2D eigenvalue weighted by Crippen LogP contribution is 2.08. The number of carboxylic acid groups (broad SMARTS) is 2. The number of benzene rings is 1. The Labute approximate surface area is 181 Å². The van der Waals surface area contributed by atoms with Crippen LogP contribution < -0.4 is 16.0 Å². The van der Waals surface area contributed by atoms with E-state index in [4.69, 9.17) is 4.74 Å². The number of carboxylic acids is 2. The van der Waals surface area contributed by atoms with Crippen molar-refractivity contribution >= 4 is 24.1 Å². The Morgan fingerprint density at radius 1 is 1.00 bits per heavy atom. The van der Waals surface area contributed by atoms with Crippen LogP contribution in [-0.4, -0.2) is 52.9 Å². The fourth-order valence-corrected chi connectivity index (χ4v) is 2.72. The zero-order chi connectivity index (χ0) is 23.2. The number of carbonyl (C=O) groups is 4. The molecule has 10 heteroatoms. The van der Waals surface area contributed by atoms with Crippen LogP contribution in [0.5, 0.6) is 0 Å². The van der Waals surface area contributed by atoms with Gasteiger partial charge in [-0.3, -0.25) is 0 Å². The van der Waals surface area contributed by atoms with Crippen molar-refractivity contribution in [1.82, 2.24) is 16.0 Å². The number of unbranched alkanes of at least 4 members (excludes halogenated alkanes) is 1. The molecular formula is C21H31N3O7. The number of alkyl carbamates (subject to hydrolysis) is 1. The van der Waals surface area contributed by atoms with Crippen molar-refractivity contribution in [3.05, 3.63) is 35.9 Å². The van der Waals surface area contributed by atoms with E-state index >= 15 is 0 Å². The highest BCUT2D eigenvalue weighted by Gasteiger charge is 2.27. The molecule has 31 heavy (non-hydrogen) atoms. The van der Waals surface area contributed by atoms with Gasteiger partial charge in [-0.2, -0.15) is 0 Å². The molecular weight excluding hydrogens is 406 g/mol. The molecule has 172 valence electrons. The number of hydrogen-bond donors (Lipinski definition) is 5. The smallest absolute Gasteiger partial charge is 0.407 e. The largest absolute Gasteiger partial charge is 0.480 e. The highest BCUT2D eigenvalue weighted by molar-refractivity contribution is 5.86. The minimum atomic E-state index is -1.22. The molecule has 5 N–H and O–H groups in total. The van der Waals surface area contributed by atoms with E-state index in [1.807, 2.05) is 30.3 Å². The van der Waals surface area contributed by atoms with E-state index < -0.39 is 36.1 Å². The van der Waals surface area contributed by atoms with E-state index in [-0.39, 0.29) is 18.9 Å². The first kappa shape index (κ1) is 25.7. The second-order valence-corrected chi connectivity index (χ2v) is 7.19. The van der Waals surface area contributed by atoms with Gasteiger partial charge in [0, 0.05) is 6.54 Å². The molecule has 1 rings (SSSR count). The fraction of sp³-hybridized carbons (Fsp3) is 0.524. The topological polar surface area (TPSA) is 154 Å². The van der Waals surface area contributed by atoms with Crippen LogP contribution in [0.15, 0.2) is 30.3 Å². The molecule has 0 saturated heterocycles. The quantitative estimate of drug-likeness (QED) is 0.297. The van der Waals surface area contributed by atoms with Gasteiger partial charge in [-0.1, -0.05) is 50.6 Å². The zero-order valence-corrected chi connectivity index (χ0v) is 17.8. The fourth-order valence-electron chi connectivity index (χ4n) is 2.72. The molecule has 0 aromatic heterocycles. The normalized spacial score (nSPS) is 13.4. The SMILES string of the molecule is CCC(C)[C@H](NC(=O)N[C@@H](CCCCNC(=O)OCc1ccccc1)C(=O)O)C(=O)O. The average Bonchev–Trinajstić information content (AvgIpc) is 2.74. The second kappa shape index (κ2) is 13.8. The van der Waals surface area contributed by atoms with E-state index in [0.717, 1.165) is 5.56 Å². The summed E-state index contributed by atoms with van der Waals surface area (Å²) in [6.07, 6.45) is 1.01. The van der Waals surface area contributed by atoms with Gasteiger partial charge in [0.1, 0.15) is 18.7 Å². The van der Waals surface area contributed by atoms with Gasteiger partial charge in [0.15, 0.2) is 0 Å². The number of aliphatic carboxylic acids is 2. The predicted octanol–water partition coefficient (Wildman–Crippen LogP) is 2.33. The van der Waals surface area contributed by atoms with E-state index in [1.54, 1.807) is 13.8 Å². The molecule has 1 aromatic rings. The molecule has 0 aliphatic rings. The lowest BCUT2D eigenvalue weighted by Crippen LogP contribution is -2.53. The van der Waals surface area contributed by atoms with Gasteiger partial charge in [-0.25, -0.2) is 19.2 Å². The third kappa shape index (κ3) is 10.3. The van der Waals surface area contributed by atoms with Gasteiger partial charge in [0.25, 0.3) is 0 Å². The molecule has 0 bridgehead atoms. The molecule has 0 aliphatic carbocycles. The molecule has 3 atom stereocenters. The minimum Gasteiger partial charge on any atom is -0.480 e. The number of ether oxygens (including phenoxy) is 1. The number of hydrogen-bond acceptors (Lipinski definition) is 5. The van der Waals surface area contributed by atoms with Crippen molar-refractivity contribution in [1.29, 1.82) is 0 Å². The summed E-state index contributed by atoms with van der Waals surface area (Å²) >= 11 is 0. The summed E-state index contributed by atoms with van der Waals surface area (Å²) in [6, 6.07) is 6.10. The number of rotatable bonds is 13. The summed E-state index contributed by atoms with van der Waals surface area (Å²) in [5, 5.41) is 25.7. The van der Waals surface area contributed by atoms with Crippen molar-refractivity contribution in [2.75, 3.05) is 6.54 Å². The van der Waals surface area contributed by atoms with Gasteiger partial charge in [-0.05, 0) is 30.7 Å². The summed E-state index contributed by atoms with van der Waals surface area (Å²) in [4.78, 5) is 46.4. The molecule has 0 fully saturated rings. The Balaban J connectivity index is 2.32. The zero-order valence-electron chi connectivity index (χ0n) is 17.8. The second-order valence-electron chi connectivity index (χ2n) is 7.19. The van der Waals surface area contributed by atoms with Gasteiger partial charge >= 0.3 is 24.1 Å². The van der Waals surface area contributed by atoms with Gasteiger partial charge in [0.2, 0.25) is 0 Å². The van der Waals surface area contributed by atoms with Crippen molar-refractivity contribution < 1.29 is 34.1 Å². The monoisotopic (exact) mass is 437 g/mol. The summed E-state index contributed by atoms with van der Waals surface area (Å²) in [7, 11) is 0. The van der Waals surface area contributed by atoms with Crippen LogP contribution in [0.3, 0.4) is 0 Å². The van der Waals surface area contributed by atoms with E-state index in [0.29, 0.717) is 25.8 Å². The molecule has 3 amide bonds. The minimum absolute atomic E-state index is 0.130. The van der Waals surface area contributed by atoms with Crippen molar-refractivity contribution in [2.45, 2.75) is 58.2 Å². The molecule has 1 aromatic carbocycles. The van der Waals surface area contributed by atoms with Gasteiger partial charge in [0.05, 0.1) is 0 Å². The Kier molecular flexibility index (Phi) is 11.5. The summed E-state index contributed by atoms with van der Waals surface area (Å²) in [5.74, 6) is -2.71. The predicted molar refractivity (Wildman–Crippen MR) is 112 cm³/mol. The highest BCUT2D eigenvalue weighted by atomic mass is 16.5. The lowest BCUT2D eigenvalue weighted by atomic mass is 9.99. The van der Waals surface area contributed by atoms with Crippen LogP contribution in [0.4, 0.5) is 9.59 Å². The maximum atomic E-state index is 12.0. The Bertz CT molecular complexity index is 727. The lowest BCUT2D eigenvalue weighted by molar-refractivity contribution is -0.140. The van der Waals surface area contributed by atoms with Crippen molar-refractivity contribution in [3.63, 3.8) is 0 Å². The van der Waals surface area contributed by atoms with Crippen molar-refractivity contribution in [3.8, 4) is 0 Å². The molecule has 0 radical (unpaired) electrons. The first-order valence-corrected chi connectivity index (χ1v) is 10.2. The maximum absolute atomic E-state index is 12.0. The molecule has 0 heterocycles. The first-order valence-electron chi connectivity index (χ1n) is 10.2. The van der Waals surface area contributed by atoms with E-state index in [1.165, 1.54) is 0 Å². The molecule has 10 nitrogen and oxygen atoms in total. The van der Waals surface area contributed by atoms with E-state index in [9.17, 15) is 29.4 Å². The third-order valence-electron chi connectivity index (χ3n) is 4.77. The summed E-state index contributed by atoms with van der Waals surface area (Å²) in [5.41, 5.74) is 0.866. The number of nitrogens with one attached hydrogen (secondary N) is 3. The standard InChI is InChI=1S/C21H31N3O7/c1-3-14(2)17(19(27)28)24-20(29)23-16(18(25)26)11-7-8-12-22-21(30)31-13-15-9-5-4-6-10-15/h4-6,9-10,14,16-17H,3,7-8,11-13H2,1-2H3,(H,22,30)(H,25,26)(H,27,28)(H2,23,24,29)/t14?,16-,17-/m0/s1. The third-order valence-corrected chi connectivity index (χ3v) is 4.77. The number of carbonyl (C=O) groups excluding carboxylic acids is 2. The summed E-state index contributed by atoms with van der Waals surface area (Å²) < 4.78 is 5.07. The van der Waals surface area contributed by atoms with Crippen LogP contribution in [0.1, 0.15) is 45.1 Å². The molecule has 0 spiro atoms. The average molecular weight is 437 g/mol. The first-order chi connectivity index (χ1) is 14.7. The van der Waals surface area contributed by atoms with Crippen LogP contribution in [-0.2, 0) is 20.9 Å². The number of amides is 3. The maximum Gasteiger partial charge on any atom is 0.407 e. The van der Waals surface area contributed by atoms with Crippen LogP contribution in [0.2, 0.25) is 0 Å². The van der Waals surface area contributed by atoms with Gasteiger partial charge < -0.3 is 30.9 Å². The van der Waals surface area contributed by atoms with Crippen molar-refractivity contribution in [2.24, 2.45) is 5.92 Å². The molecule has 0 saturated carbocycles. The van der Waals surface area contributed by atoms with Crippen LogP contribution in [0, 0.1) is 5.92 Å². The summed E-state index contributed by atoms with van der Waals surface area (Å²) in [6.45, 7) is 3.93. The van der Waals surface area contributed by atoms with Crippen LogP contribution in [0.25, 0.3) is 0 Å². The lowest BCUT2D eigenvalue weighted by Gasteiger charge is -2.22. The Morgan fingerprint density at radius 2 is 1.68 bits per heavy atom.